The van der Waals surface area contributed by atoms with Gasteiger partial charge in [0.2, 0.25) is 0 Å². The predicted octanol–water partition coefficient (Wildman–Crippen LogP) is 2.41. The molecule has 0 bridgehead atoms. The zero-order valence-electron chi connectivity index (χ0n) is 10.9. The Morgan fingerprint density at radius 3 is 2.79 bits per heavy atom. The topological polar surface area (TPSA) is 62.2 Å². The van der Waals surface area contributed by atoms with Crippen molar-refractivity contribution in [2.45, 2.75) is 32.1 Å². The second-order valence-corrected chi connectivity index (χ2v) is 5.66. The molecule has 1 amide bonds. The van der Waals surface area contributed by atoms with Crippen LogP contribution in [0.25, 0.3) is 0 Å². The summed E-state index contributed by atoms with van der Waals surface area (Å²) in [6.45, 7) is 0.645. The molecule has 0 aliphatic heterocycles. The van der Waals surface area contributed by atoms with Crippen molar-refractivity contribution in [1.82, 2.24) is 10.3 Å². The number of carbonyl (C=O) groups is 1. The summed E-state index contributed by atoms with van der Waals surface area (Å²) in [6.07, 6.45) is 6.92. The van der Waals surface area contributed by atoms with Gasteiger partial charge in [-0.15, -0.1) is 0 Å². The quantitative estimate of drug-likeness (QED) is 0.834. The second-order valence-electron chi connectivity index (χ2n) is 5.27. The van der Waals surface area contributed by atoms with Crippen LogP contribution < -0.4 is 5.32 Å². The number of nitrogens with zero attached hydrogens (tertiary/aromatic N) is 1. The molecule has 104 valence electrons. The van der Waals surface area contributed by atoms with Crippen LogP contribution in [0.2, 0.25) is 5.15 Å². The summed E-state index contributed by atoms with van der Waals surface area (Å²) in [7, 11) is 0. The standard InChI is InChI=1S/C14H19ClN2O2/c15-12-8-11(4-7-16-12)13(19)17-9-14(10-18)5-2-1-3-6-14/h4,7-8,18H,1-3,5-6,9-10H2,(H,17,19). The average molecular weight is 283 g/mol. The molecule has 0 radical (unpaired) electrons. The lowest BCUT2D eigenvalue weighted by Gasteiger charge is -2.35. The highest BCUT2D eigenvalue weighted by molar-refractivity contribution is 6.29. The van der Waals surface area contributed by atoms with Crippen LogP contribution in [0.3, 0.4) is 0 Å². The van der Waals surface area contributed by atoms with Gasteiger partial charge in [0, 0.05) is 23.7 Å². The molecule has 0 atom stereocenters. The molecule has 1 fully saturated rings. The van der Waals surface area contributed by atoms with E-state index in [1.165, 1.54) is 12.6 Å². The Morgan fingerprint density at radius 1 is 1.42 bits per heavy atom. The normalized spacial score (nSPS) is 18.0. The maximum atomic E-state index is 12.0. The maximum absolute atomic E-state index is 12.0. The lowest BCUT2D eigenvalue weighted by atomic mass is 9.74. The van der Waals surface area contributed by atoms with Gasteiger partial charge in [0.25, 0.3) is 5.91 Å². The molecule has 0 aromatic carbocycles. The number of carbonyl (C=O) groups excluding carboxylic acids is 1. The van der Waals surface area contributed by atoms with Crippen LogP contribution in [-0.4, -0.2) is 29.1 Å². The zero-order chi connectivity index (χ0) is 13.7. The zero-order valence-corrected chi connectivity index (χ0v) is 11.6. The number of nitrogens with one attached hydrogen (secondary N) is 1. The van der Waals surface area contributed by atoms with Crippen LogP contribution in [0.1, 0.15) is 42.5 Å². The van der Waals surface area contributed by atoms with Crippen LogP contribution >= 0.6 is 11.6 Å². The Bertz CT molecular complexity index is 445. The van der Waals surface area contributed by atoms with Crippen molar-refractivity contribution in [3.05, 3.63) is 29.0 Å². The van der Waals surface area contributed by atoms with Gasteiger partial charge in [-0.1, -0.05) is 30.9 Å². The lowest BCUT2D eigenvalue weighted by Crippen LogP contribution is -2.41. The van der Waals surface area contributed by atoms with E-state index in [4.69, 9.17) is 11.6 Å². The highest BCUT2D eigenvalue weighted by Crippen LogP contribution is 2.35. The molecule has 1 aromatic heterocycles. The van der Waals surface area contributed by atoms with Crippen molar-refractivity contribution in [1.29, 1.82) is 0 Å². The van der Waals surface area contributed by atoms with Crippen LogP contribution in [0.5, 0.6) is 0 Å². The van der Waals surface area contributed by atoms with E-state index in [1.54, 1.807) is 12.1 Å². The van der Waals surface area contributed by atoms with Gasteiger partial charge in [0.15, 0.2) is 0 Å². The third-order valence-corrected chi connectivity index (χ3v) is 4.07. The van der Waals surface area contributed by atoms with E-state index in [0.717, 1.165) is 25.7 Å². The molecular formula is C14H19ClN2O2. The number of aromatic nitrogens is 1. The van der Waals surface area contributed by atoms with Gasteiger partial charge in [0.05, 0.1) is 6.61 Å². The fourth-order valence-corrected chi connectivity index (χ4v) is 2.78. The number of aliphatic hydroxyl groups excluding tert-OH is 1. The third kappa shape index (κ3) is 3.67. The maximum Gasteiger partial charge on any atom is 0.251 e. The summed E-state index contributed by atoms with van der Waals surface area (Å²) in [4.78, 5) is 15.9. The van der Waals surface area contributed by atoms with Gasteiger partial charge in [-0.05, 0) is 25.0 Å². The predicted molar refractivity (Wildman–Crippen MR) is 74.2 cm³/mol. The number of amides is 1. The molecule has 1 aromatic rings. The average Bonchev–Trinajstić information content (AvgIpc) is 2.46. The first-order valence-corrected chi connectivity index (χ1v) is 7.04. The Hall–Kier alpha value is -1.13. The Morgan fingerprint density at radius 2 is 2.16 bits per heavy atom. The molecule has 2 rings (SSSR count). The van der Waals surface area contributed by atoms with Crippen molar-refractivity contribution in [2.75, 3.05) is 13.2 Å². The van der Waals surface area contributed by atoms with Gasteiger partial charge in [0.1, 0.15) is 5.15 Å². The second kappa shape index (κ2) is 6.35. The third-order valence-electron chi connectivity index (χ3n) is 3.86. The summed E-state index contributed by atoms with van der Waals surface area (Å²) in [5, 5.41) is 12.8. The number of hydrogen-bond donors (Lipinski definition) is 2. The molecule has 0 spiro atoms. The largest absolute Gasteiger partial charge is 0.396 e. The van der Waals surface area contributed by atoms with E-state index in [1.807, 2.05) is 0 Å². The van der Waals surface area contributed by atoms with Crippen molar-refractivity contribution in [3.8, 4) is 0 Å². The number of hydrogen-bond acceptors (Lipinski definition) is 3. The summed E-state index contributed by atoms with van der Waals surface area (Å²) in [5.74, 6) is -0.164. The summed E-state index contributed by atoms with van der Waals surface area (Å²) in [5.41, 5.74) is 0.356. The summed E-state index contributed by atoms with van der Waals surface area (Å²) >= 11 is 5.76. The van der Waals surface area contributed by atoms with Crippen molar-refractivity contribution < 1.29 is 9.90 Å². The molecule has 0 saturated heterocycles. The molecule has 5 heteroatoms. The van der Waals surface area contributed by atoms with E-state index in [0.29, 0.717) is 17.3 Å². The summed E-state index contributed by atoms with van der Waals surface area (Å²) in [6, 6.07) is 3.18. The Labute approximate surface area is 118 Å². The Kier molecular flexibility index (Phi) is 4.77. The number of rotatable bonds is 4. The first-order valence-electron chi connectivity index (χ1n) is 6.66. The fraction of sp³-hybridized carbons (Fsp3) is 0.571. The van der Waals surface area contributed by atoms with E-state index in [9.17, 15) is 9.90 Å². The molecule has 1 saturated carbocycles. The number of aliphatic hydroxyl groups is 1. The molecule has 1 heterocycles. The fourth-order valence-electron chi connectivity index (χ4n) is 2.61. The van der Waals surface area contributed by atoms with E-state index >= 15 is 0 Å². The number of halogens is 1. The van der Waals surface area contributed by atoms with Gasteiger partial charge in [-0.25, -0.2) is 4.98 Å². The smallest absolute Gasteiger partial charge is 0.251 e. The SMILES string of the molecule is O=C(NCC1(CO)CCCCC1)c1ccnc(Cl)c1. The minimum Gasteiger partial charge on any atom is -0.396 e. The molecule has 0 unspecified atom stereocenters. The first-order chi connectivity index (χ1) is 9.15. The lowest BCUT2D eigenvalue weighted by molar-refractivity contribution is 0.0718. The molecule has 4 nitrogen and oxygen atoms in total. The van der Waals surface area contributed by atoms with Gasteiger partial charge in [-0.2, -0.15) is 0 Å². The van der Waals surface area contributed by atoms with Gasteiger partial charge >= 0.3 is 0 Å². The number of pyridine rings is 1. The molecule has 2 N–H and O–H groups in total. The minimum atomic E-state index is -0.164. The highest BCUT2D eigenvalue weighted by atomic mass is 35.5. The first kappa shape index (κ1) is 14.3. The molecular weight excluding hydrogens is 264 g/mol. The van der Waals surface area contributed by atoms with Gasteiger partial charge in [-0.3, -0.25) is 4.79 Å². The summed E-state index contributed by atoms with van der Waals surface area (Å²) < 4.78 is 0. The van der Waals surface area contributed by atoms with Crippen molar-refractivity contribution in [2.24, 2.45) is 5.41 Å². The van der Waals surface area contributed by atoms with E-state index < -0.39 is 0 Å². The van der Waals surface area contributed by atoms with Crippen LogP contribution in [0, 0.1) is 5.41 Å². The monoisotopic (exact) mass is 282 g/mol. The molecule has 1 aliphatic carbocycles. The Balaban J connectivity index is 1.95. The molecule has 1 aliphatic rings. The van der Waals surface area contributed by atoms with Gasteiger partial charge < -0.3 is 10.4 Å². The van der Waals surface area contributed by atoms with Crippen molar-refractivity contribution >= 4 is 17.5 Å². The van der Waals surface area contributed by atoms with Crippen LogP contribution in [0.15, 0.2) is 18.3 Å². The molecule has 19 heavy (non-hydrogen) atoms. The van der Waals surface area contributed by atoms with Crippen LogP contribution in [0.4, 0.5) is 0 Å². The highest BCUT2D eigenvalue weighted by Gasteiger charge is 2.31. The van der Waals surface area contributed by atoms with Crippen molar-refractivity contribution in [3.63, 3.8) is 0 Å². The van der Waals surface area contributed by atoms with E-state index in [2.05, 4.69) is 10.3 Å². The van der Waals surface area contributed by atoms with E-state index in [-0.39, 0.29) is 17.9 Å². The van der Waals surface area contributed by atoms with Crippen LogP contribution in [-0.2, 0) is 0 Å². The minimum absolute atomic E-state index is 0.129.